The van der Waals surface area contributed by atoms with Crippen LogP contribution in [0.2, 0.25) is 0 Å². The third-order valence-electron chi connectivity index (χ3n) is 2.96. The fraction of sp³-hybridized carbons (Fsp3) is 0.294. The number of hydrogen-bond donors (Lipinski definition) is 1. The van der Waals surface area contributed by atoms with Crippen molar-refractivity contribution in [3.05, 3.63) is 59.9 Å². The lowest BCUT2D eigenvalue weighted by molar-refractivity contribution is 0.242. The molecule has 0 fully saturated rings. The summed E-state index contributed by atoms with van der Waals surface area (Å²) in [6.45, 7) is 6.05. The monoisotopic (exact) mass is 273 g/mol. The van der Waals surface area contributed by atoms with Crippen LogP contribution in [0.4, 0.5) is 10.1 Å². The zero-order chi connectivity index (χ0) is 14.5. The van der Waals surface area contributed by atoms with E-state index in [0.717, 1.165) is 17.0 Å². The molecular weight excluding hydrogens is 253 g/mol. The number of anilines is 1. The van der Waals surface area contributed by atoms with E-state index in [-0.39, 0.29) is 18.0 Å². The van der Waals surface area contributed by atoms with Crippen LogP contribution in [0.1, 0.15) is 32.4 Å². The summed E-state index contributed by atoms with van der Waals surface area (Å²) in [5, 5.41) is 3.28. The van der Waals surface area contributed by atoms with Gasteiger partial charge in [0.2, 0.25) is 0 Å². The first-order valence-electron chi connectivity index (χ1n) is 6.83. The molecule has 1 unspecified atom stereocenters. The molecule has 0 radical (unpaired) electrons. The highest BCUT2D eigenvalue weighted by Gasteiger charge is 2.06. The van der Waals surface area contributed by atoms with Gasteiger partial charge in [-0.1, -0.05) is 18.2 Å². The zero-order valence-electron chi connectivity index (χ0n) is 12.1. The van der Waals surface area contributed by atoms with Crippen molar-refractivity contribution in [1.82, 2.24) is 0 Å². The summed E-state index contributed by atoms with van der Waals surface area (Å²) in [7, 11) is 0. The Bertz CT molecular complexity index is 551. The van der Waals surface area contributed by atoms with Crippen molar-refractivity contribution < 1.29 is 9.13 Å². The van der Waals surface area contributed by atoms with E-state index in [9.17, 15) is 4.39 Å². The van der Waals surface area contributed by atoms with Gasteiger partial charge in [0.15, 0.2) is 0 Å². The van der Waals surface area contributed by atoms with Crippen molar-refractivity contribution in [2.45, 2.75) is 32.9 Å². The van der Waals surface area contributed by atoms with E-state index in [1.165, 1.54) is 12.1 Å². The predicted molar refractivity (Wildman–Crippen MR) is 80.6 cm³/mol. The minimum atomic E-state index is -0.233. The molecule has 0 aliphatic rings. The highest BCUT2D eigenvalue weighted by molar-refractivity contribution is 5.45. The Labute approximate surface area is 119 Å². The maximum absolute atomic E-state index is 13.1. The van der Waals surface area contributed by atoms with Crippen LogP contribution in [-0.2, 0) is 0 Å². The summed E-state index contributed by atoms with van der Waals surface area (Å²) in [4.78, 5) is 0. The molecular formula is C17H20FNO. The first-order valence-corrected chi connectivity index (χ1v) is 6.83. The van der Waals surface area contributed by atoms with Crippen LogP contribution < -0.4 is 10.1 Å². The van der Waals surface area contributed by atoms with Crippen LogP contribution in [0.5, 0.6) is 5.75 Å². The normalized spacial score (nSPS) is 12.2. The number of nitrogens with one attached hydrogen (secondary N) is 1. The summed E-state index contributed by atoms with van der Waals surface area (Å²) in [5.74, 6) is 0.629. The molecule has 2 rings (SSSR count). The van der Waals surface area contributed by atoms with Crippen molar-refractivity contribution >= 4 is 5.69 Å². The van der Waals surface area contributed by atoms with Gasteiger partial charge in [-0.3, -0.25) is 0 Å². The van der Waals surface area contributed by atoms with E-state index in [1.807, 2.05) is 51.1 Å². The molecule has 0 aromatic heterocycles. The Kier molecular flexibility index (Phi) is 4.61. The molecule has 2 aromatic rings. The molecule has 3 heteroatoms. The van der Waals surface area contributed by atoms with Gasteiger partial charge in [0.1, 0.15) is 11.6 Å². The van der Waals surface area contributed by atoms with Crippen molar-refractivity contribution in [2.75, 3.05) is 5.32 Å². The Balaban J connectivity index is 2.03. The van der Waals surface area contributed by atoms with Gasteiger partial charge in [-0.25, -0.2) is 4.39 Å². The maximum Gasteiger partial charge on any atom is 0.125 e. The van der Waals surface area contributed by atoms with Gasteiger partial charge in [0.05, 0.1) is 6.10 Å². The first kappa shape index (κ1) is 14.4. The molecule has 106 valence electrons. The van der Waals surface area contributed by atoms with E-state index >= 15 is 0 Å². The molecule has 0 saturated heterocycles. The molecule has 0 heterocycles. The molecule has 0 bridgehead atoms. The maximum atomic E-state index is 13.1. The average molecular weight is 273 g/mol. The Morgan fingerprint density at radius 1 is 1.00 bits per heavy atom. The van der Waals surface area contributed by atoms with E-state index < -0.39 is 0 Å². The SMILES string of the molecule is CC(C)Oc1ccc(C(C)Nc2cccc(F)c2)cc1. The second kappa shape index (κ2) is 6.42. The van der Waals surface area contributed by atoms with E-state index in [1.54, 1.807) is 6.07 Å². The second-order valence-corrected chi connectivity index (χ2v) is 5.11. The minimum absolute atomic E-state index is 0.102. The van der Waals surface area contributed by atoms with Gasteiger partial charge in [-0.05, 0) is 56.7 Å². The standard InChI is InChI=1S/C17H20FNO/c1-12(2)20-17-9-7-14(8-10-17)13(3)19-16-6-4-5-15(18)11-16/h4-13,19H,1-3H3. The van der Waals surface area contributed by atoms with E-state index in [2.05, 4.69) is 5.32 Å². The summed E-state index contributed by atoms with van der Waals surface area (Å²) >= 11 is 0. The van der Waals surface area contributed by atoms with E-state index in [4.69, 9.17) is 4.74 Å². The lowest BCUT2D eigenvalue weighted by Crippen LogP contribution is -2.08. The van der Waals surface area contributed by atoms with Crippen molar-refractivity contribution in [2.24, 2.45) is 0 Å². The molecule has 0 aliphatic heterocycles. The highest BCUT2D eigenvalue weighted by Crippen LogP contribution is 2.22. The Morgan fingerprint density at radius 2 is 1.70 bits per heavy atom. The molecule has 20 heavy (non-hydrogen) atoms. The first-order chi connectivity index (χ1) is 9.54. The van der Waals surface area contributed by atoms with Crippen molar-refractivity contribution in [3.8, 4) is 5.75 Å². The molecule has 2 nitrogen and oxygen atoms in total. The minimum Gasteiger partial charge on any atom is -0.491 e. The van der Waals surface area contributed by atoms with Gasteiger partial charge in [0, 0.05) is 11.7 Å². The topological polar surface area (TPSA) is 21.3 Å². The molecule has 0 amide bonds. The van der Waals surface area contributed by atoms with Gasteiger partial charge in [-0.15, -0.1) is 0 Å². The molecule has 1 atom stereocenters. The fourth-order valence-corrected chi connectivity index (χ4v) is 2.02. The molecule has 1 N–H and O–H groups in total. The summed E-state index contributed by atoms with van der Waals surface area (Å²) in [6, 6.07) is 14.5. The fourth-order valence-electron chi connectivity index (χ4n) is 2.02. The summed E-state index contributed by atoms with van der Waals surface area (Å²) < 4.78 is 18.8. The summed E-state index contributed by atoms with van der Waals surface area (Å²) in [6.07, 6.45) is 0.170. The van der Waals surface area contributed by atoms with Crippen LogP contribution in [0, 0.1) is 5.82 Å². The largest absolute Gasteiger partial charge is 0.491 e. The van der Waals surface area contributed by atoms with Gasteiger partial charge in [-0.2, -0.15) is 0 Å². The van der Waals surface area contributed by atoms with E-state index in [0.29, 0.717) is 0 Å². The molecule has 2 aromatic carbocycles. The van der Waals surface area contributed by atoms with Crippen LogP contribution >= 0.6 is 0 Å². The highest BCUT2D eigenvalue weighted by atomic mass is 19.1. The lowest BCUT2D eigenvalue weighted by atomic mass is 10.1. The van der Waals surface area contributed by atoms with Crippen LogP contribution in [0.15, 0.2) is 48.5 Å². The van der Waals surface area contributed by atoms with Gasteiger partial charge in [0.25, 0.3) is 0 Å². The number of halogens is 1. The number of benzene rings is 2. The van der Waals surface area contributed by atoms with Gasteiger partial charge < -0.3 is 10.1 Å². The quantitative estimate of drug-likeness (QED) is 0.846. The van der Waals surface area contributed by atoms with Crippen molar-refractivity contribution in [1.29, 1.82) is 0 Å². The predicted octanol–water partition coefficient (Wildman–Crippen LogP) is 4.79. The smallest absolute Gasteiger partial charge is 0.125 e. The third-order valence-corrected chi connectivity index (χ3v) is 2.96. The molecule has 0 aliphatic carbocycles. The Hall–Kier alpha value is -2.03. The number of rotatable bonds is 5. The van der Waals surface area contributed by atoms with Crippen molar-refractivity contribution in [3.63, 3.8) is 0 Å². The lowest BCUT2D eigenvalue weighted by Gasteiger charge is -2.17. The average Bonchev–Trinajstić information content (AvgIpc) is 2.38. The molecule has 0 saturated carbocycles. The summed E-state index contributed by atoms with van der Waals surface area (Å²) in [5.41, 5.74) is 1.91. The second-order valence-electron chi connectivity index (χ2n) is 5.11. The molecule has 0 spiro atoms. The van der Waals surface area contributed by atoms with Crippen LogP contribution in [0.3, 0.4) is 0 Å². The van der Waals surface area contributed by atoms with Crippen LogP contribution in [0.25, 0.3) is 0 Å². The number of hydrogen-bond acceptors (Lipinski definition) is 2. The zero-order valence-corrected chi connectivity index (χ0v) is 12.1. The number of ether oxygens (including phenoxy) is 1. The Morgan fingerprint density at radius 3 is 2.30 bits per heavy atom. The van der Waals surface area contributed by atoms with Crippen LogP contribution in [-0.4, -0.2) is 6.10 Å². The van der Waals surface area contributed by atoms with Gasteiger partial charge >= 0.3 is 0 Å². The third kappa shape index (κ3) is 3.98.